The van der Waals surface area contributed by atoms with Crippen LogP contribution in [0.2, 0.25) is 0 Å². The highest BCUT2D eigenvalue weighted by atomic mass is 19.3. The Kier molecular flexibility index (Phi) is 6.68. The molecule has 0 radical (unpaired) electrons. The number of allylic oxidation sites excluding steroid dienone is 1. The minimum atomic E-state index is -2.95. The molecular weight excluding hydrogens is 308 g/mol. The molecule has 7 heteroatoms. The number of ether oxygens (including phenoxy) is 1. The Bertz CT molecular complexity index is 591. The van der Waals surface area contributed by atoms with Crippen LogP contribution in [0.15, 0.2) is 24.3 Å². The van der Waals surface area contributed by atoms with Gasteiger partial charge >= 0.3 is 12.6 Å². The highest BCUT2D eigenvalue weighted by Crippen LogP contribution is 2.26. The molecule has 0 aliphatic heterocycles. The van der Waals surface area contributed by atoms with Crippen molar-refractivity contribution in [2.24, 2.45) is 0 Å². The number of halogens is 2. The molecule has 1 aromatic rings. The average molecular weight is 327 g/mol. The molecule has 0 bridgehead atoms. The summed E-state index contributed by atoms with van der Waals surface area (Å²) in [6, 6.07) is 1.71. The molecule has 0 spiro atoms. The summed E-state index contributed by atoms with van der Waals surface area (Å²) in [6.07, 6.45) is 3.48. The van der Waals surface area contributed by atoms with E-state index in [-0.39, 0.29) is 17.7 Å². The van der Waals surface area contributed by atoms with E-state index in [4.69, 9.17) is 5.11 Å². The second kappa shape index (κ2) is 8.26. The second-order valence-electron chi connectivity index (χ2n) is 4.99. The molecule has 0 saturated heterocycles. The Morgan fingerprint density at radius 2 is 1.87 bits per heavy atom. The second-order valence-corrected chi connectivity index (χ2v) is 4.99. The summed E-state index contributed by atoms with van der Waals surface area (Å²) in [4.78, 5) is 23.3. The van der Waals surface area contributed by atoms with E-state index in [0.29, 0.717) is 11.1 Å². The van der Waals surface area contributed by atoms with Crippen LogP contribution in [0.5, 0.6) is 5.75 Å². The normalized spacial score (nSPS) is 12.4. The first-order valence-electron chi connectivity index (χ1n) is 6.97. The van der Waals surface area contributed by atoms with E-state index in [9.17, 15) is 18.4 Å². The van der Waals surface area contributed by atoms with Gasteiger partial charge in [0.15, 0.2) is 0 Å². The summed E-state index contributed by atoms with van der Waals surface area (Å²) in [5, 5.41) is 11.5. The maximum absolute atomic E-state index is 12.3. The number of rotatable bonds is 7. The predicted molar refractivity (Wildman–Crippen MR) is 80.9 cm³/mol. The number of aryl methyl sites for hydroxylation is 2. The van der Waals surface area contributed by atoms with Gasteiger partial charge in [-0.15, -0.1) is 0 Å². The van der Waals surface area contributed by atoms with Gasteiger partial charge in [0.2, 0.25) is 0 Å². The molecule has 0 aliphatic carbocycles. The molecule has 0 aromatic heterocycles. The average Bonchev–Trinajstić information content (AvgIpc) is 2.46. The number of carbonyl (C=O) groups is 2. The van der Waals surface area contributed by atoms with Crippen molar-refractivity contribution in [3.8, 4) is 5.75 Å². The SMILES string of the molecule is C/C=C/CC(NC(=O)c1cc(C)c(OC(F)F)c(C)c1)C(=O)O. The third-order valence-corrected chi connectivity index (χ3v) is 3.14. The number of hydrogen-bond acceptors (Lipinski definition) is 3. The van der Waals surface area contributed by atoms with Crippen LogP contribution in [0.3, 0.4) is 0 Å². The lowest BCUT2D eigenvalue weighted by atomic mass is 10.0. The molecule has 1 unspecified atom stereocenters. The maximum atomic E-state index is 12.3. The molecule has 1 rings (SSSR count). The summed E-state index contributed by atoms with van der Waals surface area (Å²) < 4.78 is 29.1. The molecule has 0 fully saturated rings. The molecule has 5 nitrogen and oxygen atoms in total. The van der Waals surface area contributed by atoms with Gasteiger partial charge in [0, 0.05) is 5.56 Å². The monoisotopic (exact) mass is 327 g/mol. The van der Waals surface area contributed by atoms with E-state index in [1.54, 1.807) is 19.1 Å². The quantitative estimate of drug-likeness (QED) is 0.755. The Morgan fingerprint density at radius 3 is 2.30 bits per heavy atom. The fraction of sp³-hybridized carbons (Fsp3) is 0.375. The van der Waals surface area contributed by atoms with Crippen molar-refractivity contribution in [3.63, 3.8) is 0 Å². The van der Waals surface area contributed by atoms with Crippen LogP contribution in [0.1, 0.15) is 34.8 Å². The van der Waals surface area contributed by atoms with Gasteiger partial charge < -0.3 is 15.2 Å². The topological polar surface area (TPSA) is 75.6 Å². The van der Waals surface area contributed by atoms with Gasteiger partial charge in [-0.2, -0.15) is 8.78 Å². The summed E-state index contributed by atoms with van der Waals surface area (Å²) in [7, 11) is 0. The molecule has 1 atom stereocenters. The van der Waals surface area contributed by atoms with E-state index in [1.165, 1.54) is 26.0 Å². The van der Waals surface area contributed by atoms with Gasteiger partial charge in [-0.25, -0.2) is 4.79 Å². The number of nitrogens with one attached hydrogen (secondary N) is 1. The van der Waals surface area contributed by atoms with Crippen molar-refractivity contribution in [2.75, 3.05) is 0 Å². The number of benzene rings is 1. The first kappa shape index (κ1) is 18.6. The third-order valence-electron chi connectivity index (χ3n) is 3.14. The zero-order chi connectivity index (χ0) is 17.6. The minimum Gasteiger partial charge on any atom is -0.480 e. The highest BCUT2D eigenvalue weighted by molar-refractivity contribution is 5.97. The smallest absolute Gasteiger partial charge is 0.387 e. The van der Waals surface area contributed by atoms with Crippen LogP contribution < -0.4 is 10.1 Å². The number of amides is 1. The highest BCUT2D eigenvalue weighted by Gasteiger charge is 2.21. The van der Waals surface area contributed by atoms with Gasteiger partial charge in [-0.1, -0.05) is 12.2 Å². The van der Waals surface area contributed by atoms with Gasteiger partial charge in [0.1, 0.15) is 11.8 Å². The molecular formula is C16H19F2NO4. The molecule has 1 amide bonds. The lowest BCUT2D eigenvalue weighted by molar-refractivity contribution is -0.139. The Hall–Kier alpha value is -2.44. The van der Waals surface area contributed by atoms with Crippen LogP contribution in [0.4, 0.5) is 8.78 Å². The van der Waals surface area contributed by atoms with Crippen molar-refractivity contribution in [2.45, 2.75) is 39.8 Å². The molecule has 0 heterocycles. The first-order valence-corrected chi connectivity index (χ1v) is 6.97. The van der Waals surface area contributed by atoms with Crippen LogP contribution in [-0.4, -0.2) is 29.6 Å². The molecule has 0 aliphatic rings. The van der Waals surface area contributed by atoms with E-state index in [0.717, 1.165) is 0 Å². The van der Waals surface area contributed by atoms with Crippen molar-refractivity contribution in [3.05, 3.63) is 41.0 Å². The summed E-state index contributed by atoms with van der Waals surface area (Å²) in [5.74, 6) is -1.72. The van der Waals surface area contributed by atoms with Crippen LogP contribution in [0, 0.1) is 13.8 Å². The number of aliphatic carboxylic acids is 1. The molecule has 1 aromatic carbocycles. The fourth-order valence-corrected chi connectivity index (χ4v) is 2.09. The van der Waals surface area contributed by atoms with Crippen molar-refractivity contribution < 1.29 is 28.2 Å². The van der Waals surface area contributed by atoms with Gasteiger partial charge in [-0.05, 0) is 50.5 Å². The summed E-state index contributed by atoms with van der Waals surface area (Å²) in [5.41, 5.74) is 0.930. The van der Waals surface area contributed by atoms with E-state index in [1.807, 2.05) is 0 Å². The number of carbonyl (C=O) groups excluding carboxylic acids is 1. The number of alkyl halides is 2. The van der Waals surface area contributed by atoms with E-state index < -0.39 is 24.5 Å². The van der Waals surface area contributed by atoms with Crippen molar-refractivity contribution >= 4 is 11.9 Å². The van der Waals surface area contributed by atoms with Gasteiger partial charge in [-0.3, -0.25) is 4.79 Å². The molecule has 2 N–H and O–H groups in total. The molecule has 126 valence electrons. The maximum Gasteiger partial charge on any atom is 0.387 e. The third kappa shape index (κ3) is 5.36. The number of hydrogen-bond donors (Lipinski definition) is 2. The Morgan fingerprint density at radius 1 is 1.30 bits per heavy atom. The first-order chi connectivity index (χ1) is 10.8. The van der Waals surface area contributed by atoms with Crippen LogP contribution in [-0.2, 0) is 4.79 Å². The zero-order valence-corrected chi connectivity index (χ0v) is 13.1. The van der Waals surface area contributed by atoms with Crippen molar-refractivity contribution in [1.82, 2.24) is 5.32 Å². The molecule has 23 heavy (non-hydrogen) atoms. The fourth-order valence-electron chi connectivity index (χ4n) is 2.09. The van der Waals surface area contributed by atoms with Crippen LogP contribution >= 0.6 is 0 Å². The Labute approximate surface area is 133 Å². The number of carboxylic acid groups (broad SMARTS) is 1. The van der Waals surface area contributed by atoms with Gasteiger partial charge in [0.25, 0.3) is 5.91 Å². The standard InChI is InChI=1S/C16H19F2NO4/c1-4-5-6-12(15(21)22)19-14(20)11-7-9(2)13(10(3)8-11)23-16(17)18/h4-5,7-8,12,16H,6H2,1-3H3,(H,19,20)(H,21,22)/b5-4+. The molecule has 0 saturated carbocycles. The minimum absolute atomic E-state index is 0.0141. The summed E-state index contributed by atoms with van der Waals surface area (Å²) >= 11 is 0. The summed E-state index contributed by atoms with van der Waals surface area (Å²) in [6.45, 7) is 1.87. The Balaban J connectivity index is 2.97. The largest absolute Gasteiger partial charge is 0.480 e. The van der Waals surface area contributed by atoms with Gasteiger partial charge in [0.05, 0.1) is 0 Å². The lowest BCUT2D eigenvalue weighted by Gasteiger charge is -2.15. The van der Waals surface area contributed by atoms with Crippen LogP contribution in [0.25, 0.3) is 0 Å². The predicted octanol–water partition coefficient (Wildman–Crippen LogP) is 3.05. The lowest BCUT2D eigenvalue weighted by Crippen LogP contribution is -2.40. The number of carboxylic acids is 1. The van der Waals surface area contributed by atoms with E-state index in [2.05, 4.69) is 10.1 Å². The zero-order valence-electron chi connectivity index (χ0n) is 13.1. The van der Waals surface area contributed by atoms with Crippen molar-refractivity contribution in [1.29, 1.82) is 0 Å². The van der Waals surface area contributed by atoms with E-state index >= 15 is 0 Å².